The maximum Gasteiger partial charge on any atom is 0.251 e. The Hall–Kier alpha value is -2.30. The third-order valence-corrected chi connectivity index (χ3v) is 3.12. The molecule has 0 radical (unpaired) electrons. The molecule has 1 aromatic carbocycles. The maximum absolute atomic E-state index is 11.9. The van der Waals surface area contributed by atoms with Gasteiger partial charge in [-0.05, 0) is 31.2 Å². The highest BCUT2D eigenvalue weighted by Gasteiger charge is 2.10. The van der Waals surface area contributed by atoms with Crippen LogP contribution in [0.5, 0.6) is 0 Å². The molecule has 0 atom stereocenters. The monoisotopic (exact) mass is 259 g/mol. The summed E-state index contributed by atoms with van der Waals surface area (Å²) >= 11 is 0. The molecular weight excluding hydrogens is 242 g/mol. The molecule has 5 heteroatoms. The number of likely N-dealkylation sites (N-methyl/N-ethyl adjacent to an activating group) is 1. The topological polar surface area (TPSA) is 65.2 Å². The Morgan fingerprint density at radius 1 is 1.32 bits per heavy atom. The molecule has 1 heterocycles. The largest absolute Gasteiger partial charge is 0.361 e. The average Bonchev–Trinajstić information content (AvgIpc) is 2.90. The number of nitrogens with zero attached hydrogens (tertiary/aromatic N) is 1. The molecule has 0 saturated heterocycles. The van der Waals surface area contributed by atoms with Gasteiger partial charge in [-0.2, -0.15) is 0 Å². The molecule has 1 aromatic heterocycles. The molecule has 19 heavy (non-hydrogen) atoms. The molecule has 0 saturated carbocycles. The highest BCUT2D eigenvalue weighted by atomic mass is 16.2. The van der Waals surface area contributed by atoms with Gasteiger partial charge in [-0.15, -0.1) is 0 Å². The van der Waals surface area contributed by atoms with Gasteiger partial charge in [0.05, 0.1) is 6.54 Å². The zero-order chi connectivity index (χ0) is 13.8. The second-order valence-electron chi connectivity index (χ2n) is 4.37. The fourth-order valence-corrected chi connectivity index (χ4v) is 1.76. The molecular formula is C14H17N3O2. The summed E-state index contributed by atoms with van der Waals surface area (Å²) in [6, 6.07) is 7.30. The molecule has 0 aliphatic rings. The zero-order valence-electron chi connectivity index (χ0n) is 11.1. The number of carbonyl (C=O) groups excluding carboxylic acids is 2. The molecule has 0 aliphatic heterocycles. The van der Waals surface area contributed by atoms with Gasteiger partial charge in [0.2, 0.25) is 5.91 Å². The van der Waals surface area contributed by atoms with Crippen molar-refractivity contribution in [2.24, 2.45) is 0 Å². The zero-order valence-corrected chi connectivity index (χ0v) is 11.1. The van der Waals surface area contributed by atoms with Crippen LogP contribution in [-0.2, 0) is 4.79 Å². The molecule has 0 bridgehead atoms. The summed E-state index contributed by atoms with van der Waals surface area (Å²) in [6.07, 6.45) is 1.83. The number of hydrogen-bond acceptors (Lipinski definition) is 2. The first-order valence-electron chi connectivity index (χ1n) is 6.21. The molecule has 100 valence electrons. The van der Waals surface area contributed by atoms with E-state index < -0.39 is 0 Å². The van der Waals surface area contributed by atoms with Crippen molar-refractivity contribution in [2.45, 2.75) is 6.92 Å². The first-order valence-corrected chi connectivity index (χ1v) is 6.21. The molecule has 2 amide bonds. The lowest BCUT2D eigenvalue weighted by Crippen LogP contribution is -2.37. The number of H-pyrrole nitrogens is 1. The summed E-state index contributed by atoms with van der Waals surface area (Å²) in [5.74, 6) is -0.334. The number of nitrogens with one attached hydrogen (secondary N) is 2. The molecule has 0 unspecified atom stereocenters. The third-order valence-electron chi connectivity index (χ3n) is 3.12. The van der Waals surface area contributed by atoms with E-state index >= 15 is 0 Å². The van der Waals surface area contributed by atoms with Gasteiger partial charge in [0.25, 0.3) is 5.91 Å². The number of benzene rings is 1. The van der Waals surface area contributed by atoms with Crippen molar-refractivity contribution < 1.29 is 9.59 Å². The second-order valence-corrected chi connectivity index (χ2v) is 4.37. The lowest BCUT2D eigenvalue weighted by atomic mass is 10.1. The number of aromatic nitrogens is 1. The van der Waals surface area contributed by atoms with Crippen LogP contribution in [-0.4, -0.2) is 41.8 Å². The van der Waals surface area contributed by atoms with Gasteiger partial charge in [0.1, 0.15) is 0 Å². The number of fused-ring (bicyclic) bond motifs is 1. The number of amides is 2. The van der Waals surface area contributed by atoms with E-state index in [0.717, 1.165) is 10.9 Å². The van der Waals surface area contributed by atoms with Gasteiger partial charge in [0, 0.05) is 36.3 Å². The van der Waals surface area contributed by atoms with E-state index in [0.29, 0.717) is 12.1 Å². The normalized spacial score (nSPS) is 10.4. The van der Waals surface area contributed by atoms with Gasteiger partial charge in [-0.1, -0.05) is 0 Å². The highest BCUT2D eigenvalue weighted by molar-refractivity contribution is 5.99. The Morgan fingerprint density at radius 2 is 2.11 bits per heavy atom. The second kappa shape index (κ2) is 5.56. The van der Waals surface area contributed by atoms with E-state index in [1.807, 2.05) is 25.3 Å². The van der Waals surface area contributed by atoms with Crippen LogP contribution in [0.25, 0.3) is 10.9 Å². The standard InChI is InChI=1S/C14H17N3O2/c1-3-17(2)13(18)9-16-14(19)11-4-5-12-10(8-11)6-7-15-12/h4-8,15H,3,9H2,1-2H3,(H,16,19). The van der Waals surface area contributed by atoms with Crippen LogP contribution in [0.3, 0.4) is 0 Å². The van der Waals surface area contributed by atoms with Crippen molar-refractivity contribution in [3.8, 4) is 0 Å². The Kier molecular flexibility index (Phi) is 3.85. The summed E-state index contributed by atoms with van der Waals surface area (Å²) in [5.41, 5.74) is 1.54. The summed E-state index contributed by atoms with van der Waals surface area (Å²) in [5, 5.41) is 3.61. The van der Waals surface area contributed by atoms with Crippen molar-refractivity contribution in [3.63, 3.8) is 0 Å². The van der Waals surface area contributed by atoms with E-state index in [9.17, 15) is 9.59 Å². The summed E-state index contributed by atoms with van der Waals surface area (Å²) in [4.78, 5) is 28.2. The van der Waals surface area contributed by atoms with Gasteiger partial charge in [-0.3, -0.25) is 9.59 Å². The fourth-order valence-electron chi connectivity index (χ4n) is 1.76. The summed E-state index contributed by atoms with van der Waals surface area (Å²) < 4.78 is 0. The smallest absolute Gasteiger partial charge is 0.251 e. The van der Waals surface area contributed by atoms with E-state index in [-0.39, 0.29) is 18.4 Å². The van der Waals surface area contributed by atoms with Crippen LogP contribution in [0.15, 0.2) is 30.5 Å². The molecule has 5 nitrogen and oxygen atoms in total. The van der Waals surface area contributed by atoms with Crippen LogP contribution in [0.2, 0.25) is 0 Å². The minimum absolute atomic E-state index is 0.0222. The third kappa shape index (κ3) is 2.93. The SMILES string of the molecule is CCN(C)C(=O)CNC(=O)c1ccc2[nH]ccc2c1. The van der Waals surface area contributed by atoms with Gasteiger partial charge in [-0.25, -0.2) is 0 Å². The lowest BCUT2D eigenvalue weighted by molar-refractivity contribution is -0.128. The predicted octanol–water partition coefficient (Wildman–Crippen LogP) is 1.38. The summed E-state index contributed by atoms with van der Waals surface area (Å²) in [6.45, 7) is 2.54. The first kappa shape index (κ1) is 13.1. The van der Waals surface area contributed by atoms with E-state index in [1.165, 1.54) is 0 Å². The van der Waals surface area contributed by atoms with Crippen molar-refractivity contribution in [1.29, 1.82) is 0 Å². The summed E-state index contributed by atoms with van der Waals surface area (Å²) in [7, 11) is 1.71. The Balaban J connectivity index is 2.01. The molecule has 2 aromatic rings. The molecule has 0 fully saturated rings. The van der Waals surface area contributed by atoms with Crippen LogP contribution in [0.4, 0.5) is 0 Å². The Labute approximate surface area is 111 Å². The molecule has 2 rings (SSSR count). The van der Waals surface area contributed by atoms with Crippen molar-refractivity contribution in [3.05, 3.63) is 36.0 Å². The quantitative estimate of drug-likeness (QED) is 0.871. The van der Waals surface area contributed by atoms with Crippen LogP contribution in [0, 0.1) is 0 Å². The minimum Gasteiger partial charge on any atom is -0.361 e. The van der Waals surface area contributed by atoms with E-state index in [1.54, 1.807) is 24.1 Å². The number of carbonyl (C=O) groups is 2. The molecule has 2 N–H and O–H groups in total. The van der Waals surface area contributed by atoms with Crippen LogP contribution in [0.1, 0.15) is 17.3 Å². The van der Waals surface area contributed by atoms with Crippen molar-refractivity contribution in [1.82, 2.24) is 15.2 Å². The first-order chi connectivity index (χ1) is 9.11. The lowest BCUT2D eigenvalue weighted by Gasteiger charge is -2.14. The van der Waals surface area contributed by atoms with Gasteiger partial charge < -0.3 is 15.2 Å². The van der Waals surface area contributed by atoms with Gasteiger partial charge in [0.15, 0.2) is 0 Å². The van der Waals surface area contributed by atoms with Gasteiger partial charge >= 0.3 is 0 Å². The number of rotatable bonds is 4. The number of aromatic amines is 1. The van der Waals surface area contributed by atoms with Crippen molar-refractivity contribution >= 4 is 22.7 Å². The Bertz CT molecular complexity index is 604. The van der Waals surface area contributed by atoms with Crippen molar-refractivity contribution in [2.75, 3.05) is 20.1 Å². The molecule has 0 spiro atoms. The van der Waals surface area contributed by atoms with Crippen LogP contribution < -0.4 is 5.32 Å². The Morgan fingerprint density at radius 3 is 2.84 bits per heavy atom. The highest BCUT2D eigenvalue weighted by Crippen LogP contribution is 2.14. The maximum atomic E-state index is 11.9. The van der Waals surface area contributed by atoms with Crippen LogP contribution >= 0.6 is 0 Å². The molecule has 0 aliphatic carbocycles. The van der Waals surface area contributed by atoms with E-state index in [2.05, 4.69) is 10.3 Å². The number of hydrogen-bond donors (Lipinski definition) is 2. The average molecular weight is 259 g/mol. The van der Waals surface area contributed by atoms with E-state index in [4.69, 9.17) is 0 Å². The minimum atomic E-state index is -0.235. The predicted molar refractivity (Wildman–Crippen MR) is 73.9 cm³/mol. The fraction of sp³-hybridized carbons (Fsp3) is 0.286.